The Labute approximate surface area is 113 Å². The first-order chi connectivity index (χ1) is 9.11. The van der Waals surface area contributed by atoms with Crippen LogP contribution in [-0.2, 0) is 4.74 Å². The number of H-pyrrole nitrogens is 1. The number of carbonyl (C=O) groups is 2. The minimum Gasteiger partial charge on any atom is -0.462 e. The lowest BCUT2D eigenvalue weighted by Crippen LogP contribution is -2.13. The van der Waals surface area contributed by atoms with Crippen LogP contribution < -0.4 is 5.32 Å². The SMILES string of the molecule is CCOC(=O)c1sc(NC(=O)c2ncc[nH]2)nc1C. The lowest BCUT2D eigenvalue weighted by Gasteiger charge is -1.98. The summed E-state index contributed by atoms with van der Waals surface area (Å²) in [6, 6.07) is 0. The molecule has 2 aromatic rings. The molecular weight excluding hydrogens is 268 g/mol. The molecule has 7 nitrogen and oxygen atoms in total. The van der Waals surface area contributed by atoms with Gasteiger partial charge in [0.15, 0.2) is 11.0 Å². The molecule has 0 aliphatic rings. The summed E-state index contributed by atoms with van der Waals surface area (Å²) in [7, 11) is 0. The summed E-state index contributed by atoms with van der Waals surface area (Å²) >= 11 is 1.07. The third-order valence-corrected chi connectivity index (χ3v) is 3.24. The highest BCUT2D eigenvalue weighted by molar-refractivity contribution is 7.17. The largest absolute Gasteiger partial charge is 0.462 e. The number of aromatic nitrogens is 3. The van der Waals surface area contributed by atoms with Gasteiger partial charge in [0.05, 0.1) is 12.3 Å². The van der Waals surface area contributed by atoms with Gasteiger partial charge in [-0.15, -0.1) is 0 Å². The Morgan fingerprint density at radius 3 is 2.95 bits per heavy atom. The van der Waals surface area contributed by atoms with Crippen molar-refractivity contribution < 1.29 is 14.3 Å². The van der Waals surface area contributed by atoms with Gasteiger partial charge < -0.3 is 9.72 Å². The molecule has 0 saturated carbocycles. The van der Waals surface area contributed by atoms with E-state index >= 15 is 0 Å². The molecule has 2 aromatic heterocycles. The quantitative estimate of drug-likeness (QED) is 0.829. The molecule has 0 spiro atoms. The molecule has 0 fully saturated rings. The van der Waals surface area contributed by atoms with Crippen LogP contribution in [0.1, 0.15) is 32.9 Å². The van der Waals surface area contributed by atoms with Crippen LogP contribution in [0.15, 0.2) is 12.4 Å². The molecule has 19 heavy (non-hydrogen) atoms. The van der Waals surface area contributed by atoms with E-state index in [1.54, 1.807) is 20.0 Å². The fraction of sp³-hybridized carbons (Fsp3) is 0.273. The summed E-state index contributed by atoms with van der Waals surface area (Å²) in [5, 5.41) is 2.90. The third-order valence-electron chi connectivity index (χ3n) is 2.19. The lowest BCUT2D eigenvalue weighted by molar-refractivity contribution is 0.0531. The van der Waals surface area contributed by atoms with E-state index < -0.39 is 11.9 Å². The van der Waals surface area contributed by atoms with Gasteiger partial charge in [-0.3, -0.25) is 10.1 Å². The summed E-state index contributed by atoms with van der Waals surface area (Å²) in [5.41, 5.74) is 0.526. The second kappa shape index (κ2) is 5.61. The van der Waals surface area contributed by atoms with Gasteiger partial charge in [0, 0.05) is 12.4 Å². The van der Waals surface area contributed by atoms with Gasteiger partial charge in [-0.25, -0.2) is 14.8 Å². The molecular formula is C11H12N4O3S. The fourth-order valence-corrected chi connectivity index (χ4v) is 2.24. The van der Waals surface area contributed by atoms with Crippen LogP contribution in [0.25, 0.3) is 0 Å². The maximum absolute atomic E-state index is 11.7. The van der Waals surface area contributed by atoms with Crippen molar-refractivity contribution >= 4 is 28.3 Å². The molecule has 0 aliphatic carbocycles. The third kappa shape index (κ3) is 2.97. The number of rotatable bonds is 4. The van der Waals surface area contributed by atoms with Crippen molar-refractivity contribution in [2.24, 2.45) is 0 Å². The van der Waals surface area contributed by atoms with Crippen molar-refractivity contribution in [2.75, 3.05) is 11.9 Å². The molecule has 8 heteroatoms. The second-order valence-corrected chi connectivity index (χ2v) is 4.54. The van der Waals surface area contributed by atoms with Gasteiger partial charge in [0.2, 0.25) is 0 Å². The van der Waals surface area contributed by atoms with E-state index in [2.05, 4.69) is 20.3 Å². The fourth-order valence-electron chi connectivity index (χ4n) is 1.38. The van der Waals surface area contributed by atoms with Gasteiger partial charge in [0.1, 0.15) is 4.88 Å². The second-order valence-electron chi connectivity index (χ2n) is 3.55. The molecule has 0 aromatic carbocycles. The topological polar surface area (TPSA) is 97.0 Å². The van der Waals surface area contributed by atoms with Crippen LogP contribution in [0, 0.1) is 6.92 Å². The van der Waals surface area contributed by atoms with E-state index in [9.17, 15) is 9.59 Å². The van der Waals surface area contributed by atoms with Crippen LogP contribution in [0.5, 0.6) is 0 Å². The minimum atomic E-state index is -0.434. The molecule has 100 valence electrons. The maximum atomic E-state index is 11.7. The lowest BCUT2D eigenvalue weighted by atomic mass is 10.4. The maximum Gasteiger partial charge on any atom is 0.350 e. The first-order valence-corrected chi connectivity index (χ1v) is 6.38. The highest BCUT2D eigenvalue weighted by Gasteiger charge is 2.18. The van der Waals surface area contributed by atoms with Gasteiger partial charge in [-0.1, -0.05) is 11.3 Å². The summed E-state index contributed by atoms with van der Waals surface area (Å²) in [4.78, 5) is 34.3. The molecule has 1 amide bonds. The van der Waals surface area contributed by atoms with Crippen molar-refractivity contribution in [3.8, 4) is 0 Å². The van der Waals surface area contributed by atoms with E-state index in [1.807, 2.05) is 0 Å². The first-order valence-electron chi connectivity index (χ1n) is 5.57. The van der Waals surface area contributed by atoms with Crippen LogP contribution in [-0.4, -0.2) is 33.4 Å². The molecule has 2 rings (SSSR count). The Morgan fingerprint density at radius 1 is 1.53 bits per heavy atom. The predicted octanol–water partition coefficient (Wildman–Crippen LogP) is 1.60. The molecule has 0 atom stereocenters. The molecule has 0 saturated heterocycles. The monoisotopic (exact) mass is 280 g/mol. The predicted molar refractivity (Wildman–Crippen MR) is 69.3 cm³/mol. The number of esters is 1. The number of carbonyl (C=O) groups excluding carboxylic acids is 2. The summed E-state index contributed by atoms with van der Waals surface area (Å²) in [5.74, 6) is -0.657. The van der Waals surface area contributed by atoms with Crippen molar-refractivity contribution in [3.63, 3.8) is 0 Å². The summed E-state index contributed by atoms with van der Waals surface area (Å²) in [6.07, 6.45) is 3.03. The normalized spacial score (nSPS) is 10.2. The number of imidazole rings is 1. The molecule has 0 bridgehead atoms. The average Bonchev–Trinajstić information content (AvgIpc) is 2.99. The van der Waals surface area contributed by atoms with E-state index in [4.69, 9.17) is 4.74 Å². The van der Waals surface area contributed by atoms with E-state index in [1.165, 1.54) is 6.20 Å². The summed E-state index contributed by atoms with van der Waals surface area (Å²) in [6.45, 7) is 3.71. The van der Waals surface area contributed by atoms with Crippen LogP contribution in [0.4, 0.5) is 5.13 Å². The van der Waals surface area contributed by atoms with E-state index in [-0.39, 0.29) is 5.82 Å². The number of anilines is 1. The Kier molecular flexibility index (Phi) is 3.91. The average molecular weight is 280 g/mol. The summed E-state index contributed by atoms with van der Waals surface area (Å²) < 4.78 is 4.90. The number of nitrogens with one attached hydrogen (secondary N) is 2. The molecule has 0 radical (unpaired) electrons. The smallest absolute Gasteiger partial charge is 0.350 e. The van der Waals surface area contributed by atoms with E-state index in [0.717, 1.165) is 11.3 Å². The Balaban J connectivity index is 2.12. The highest BCUT2D eigenvalue weighted by atomic mass is 32.1. The van der Waals surface area contributed by atoms with Gasteiger partial charge >= 0.3 is 5.97 Å². The van der Waals surface area contributed by atoms with Crippen molar-refractivity contribution in [1.82, 2.24) is 15.0 Å². The number of ether oxygens (including phenoxy) is 1. The van der Waals surface area contributed by atoms with E-state index in [0.29, 0.717) is 22.3 Å². The molecule has 0 aliphatic heterocycles. The van der Waals surface area contributed by atoms with Gasteiger partial charge in [-0.05, 0) is 13.8 Å². The zero-order valence-electron chi connectivity index (χ0n) is 10.4. The van der Waals surface area contributed by atoms with Crippen molar-refractivity contribution in [2.45, 2.75) is 13.8 Å². The Hall–Kier alpha value is -2.22. The molecule has 2 heterocycles. The van der Waals surface area contributed by atoms with Gasteiger partial charge in [-0.2, -0.15) is 0 Å². The van der Waals surface area contributed by atoms with Crippen molar-refractivity contribution in [3.05, 3.63) is 28.8 Å². The molecule has 0 unspecified atom stereocenters. The first kappa shape index (κ1) is 13.2. The number of aryl methyl sites for hydroxylation is 1. The number of nitrogens with zero attached hydrogens (tertiary/aromatic N) is 2. The van der Waals surface area contributed by atoms with Crippen LogP contribution in [0.3, 0.4) is 0 Å². The highest BCUT2D eigenvalue weighted by Crippen LogP contribution is 2.23. The van der Waals surface area contributed by atoms with Crippen LogP contribution in [0.2, 0.25) is 0 Å². The van der Waals surface area contributed by atoms with Gasteiger partial charge in [0.25, 0.3) is 5.91 Å². The zero-order chi connectivity index (χ0) is 13.8. The number of hydrogen-bond acceptors (Lipinski definition) is 6. The number of aromatic amines is 1. The van der Waals surface area contributed by atoms with Crippen molar-refractivity contribution in [1.29, 1.82) is 0 Å². The minimum absolute atomic E-state index is 0.186. The number of amides is 1. The zero-order valence-corrected chi connectivity index (χ0v) is 11.2. The Morgan fingerprint density at radius 2 is 2.32 bits per heavy atom. The number of hydrogen-bond donors (Lipinski definition) is 2. The molecule has 2 N–H and O–H groups in total. The number of thiazole rings is 1. The Bertz CT molecular complexity index is 591. The van der Waals surface area contributed by atoms with Crippen LogP contribution >= 0.6 is 11.3 Å². The standard InChI is InChI=1S/C11H12N4O3S/c1-3-18-10(17)7-6(2)14-11(19-7)15-9(16)8-12-4-5-13-8/h4-5H,3H2,1-2H3,(H,12,13)(H,14,15,16).